The van der Waals surface area contributed by atoms with E-state index in [1.165, 1.54) is 18.2 Å². The van der Waals surface area contributed by atoms with Crippen LogP contribution in [-0.4, -0.2) is 11.5 Å². The summed E-state index contributed by atoms with van der Waals surface area (Å²) in [7, 11) is 0. The molecule has 0 fully saturated rings. The number of nitro benzene ring substituents is 1. The number of hydrogen-bond acceptors (Lipinski definition) is 3. The molecule has 0 atom stereocenters. The Bertz CT molecular complexity index is 342. The van der Waals surface area contributed by atoms with Crippen LogP contribution in [0.3, 0.4) is 0 Å². The quantitative estimate of drug-likeness (QED) is 0.590. The zero-order chi connectivity index (χ0) is 10.6. The summed E-state index contributed by atoms with van der Waals surface area (Å²) < 4.78 is 13.2. The molecule has 0 saturated heterocycles. The molecule has 0 heterocycles. The number of benzene rings is 1. The second-order valence-corrected chi connectivity index (χ2v) is 2.89. The minimum atomic E-state index is -0.574. The van der Waals surface area contributed by atoms with E-state index in [0.717, 1.165) is 0 Å². The van der Waals surface area contributed by atoms with Crippen molar-refractivity contribution < 1.29 is 9.31 Å². The number of halogens is 1. The molecule has 76 valence electrons. The minimum absolute atomic E-state index is 0.142. The highest BCUT2D eigenvalue weighted by Crippen LogP contribution is 2.22. The van der Waals surface area contributed by atoms with Crippen LogP contribution in [0.25, 0.3) is 0 Å². The van der Waals surface area contributed by atoms with Crippen LogP contribution >= 0.6 is 0 Å². The zero-order valence-corrected chi connectivity index (χ0v) is 7.57. The molecule has 0 aromatic heterocycles. The summed E-state index contributed by atoms with van der Waals surface area (Å²) in [5, 5.41) is 10.5. The van der Waals surface area contributed by atoms with Crippen molar-refractivity contribution in [3.8, 4) is 0 Å². The summed E-state index contributed by atoms with van der Waals surface area (Å²) in [6.45, 7) is 0.394. The van der Waals surface area contributed by atoms with Crippen LogP contribution in [0.5, 0.6) is 0 Å². The van der Waals surface area contributed by atoms with E-state index < -0.39 is 10.7 Å². The Labute approximate surface area is 80.7 Å². The molecule has 0 bridgehead atoms. The van der Waals surface area contributed by atoms with E-state index in [4.69, 9.17) is 5.73 Å². The maximum atomic E-state index is 13.2. The Hall–Kier alpha value is -1.49. The van der Waals surface area contributed by atoms with Crippen molar-refractivity contribution in [2.24, 2.45) is 5.73 Å². The van der Waals surface area contributed by atoms with Gasteiger partial charge in [0.2, 0.25) is 0 Å². The van der Waals surface area contributed by atoms with Gasteiger partial charge < -0.3 is 5.73 Å². The molecule has 0 aliphatic rings. The highest BCUT2D eigenvalue weighted by Gasteiger charge is 2.16. The number of nitrogens with zero attached hydrogens (tertiary/aromatic N) is 1. The highest BCUT2D eigenvalue weighted by molar-refractivity contribution is 5.40. The number of nitro groups is 1. The summed E-state index contributed by atoms with van der Waals surface area (Å²) in [5.74, 6) is -0.535. The van der Waals surface area contributed by atoms with Crippen molar-refractivity contribution in [2.45, 2.75) is 12.8 Å². The predicted molar refractivity (Wildman–Crippen MR) is 50.4 cm³/mol. The van der Waals surface area contributed by atoms with E-state index in [1.54, 1.807) is 0 Å². The van der Waals surface area contributed by atoms with Crippen LogP contribution in [0.1, 0.15) is 12.0 Å². The van der Waals surface area contributed by atoms with Crippen LogP contribution in [0.2, 0.25) is 0 Å². The third-order valence-electron chi connectivity index (χ3n) is 1.92. The molecule has 2 N–H and O–H groups in total. The van der Waals surface area contributed by atoms with E-state index in [-0.39, 0.29) is 11.3 Å². The first-order valence-electron chi connectivity index (χ1n) is 4.28. The molecule has 0 radical (unpaired) electrons. The van der Waals surface area contributed by atoms with Gasteiger partial charge in [0.1, 0.15) is 5.82 Å². The van der Waals surface area contributed by atoms with Gasteiger partial charge in [-0.25, -0.2) is 4.39 Å². The molecule has 0 aliphatic heterocycles. The normalized spacial score (nSPS) is 10.1. The first kappa shape index (κ1) is 10.6. The average molecular weight is 198 g/mol. The maximum Gasteiger partial charge on any atom is 0.275 e. The SMILES string of the molecule is NCCCc1c(F)cccc1[N+](=O)[O-]. The fourth-order valence-corrected chi connectivity index (χ4v) is 1.24. The van der Waals surface area contributed by atoms with Gasteiger partial charge in [0.15, 0.2) is 0 Å². The highest BCUT2D eigenvalue weighted by atomic mass is 19.1. The average Bonchev–Trinajstić information content (AvgIpc) is 2.15. The van der Waals surface area contributed by atoms with Gasteiger partial charge in [-0.05, 0) is 25.5 Å². The van der Waals surface area contributed by atoms with Gasteiger partial charge in [-0.3, -0.25) is 10.1 Å². The van der Waals surface area contributed by atoms with E-state index in [2.05, 4.69) is 0 Å². The van der Waals surface area contributed by atoms with Crippen molar-refractivity contribution in [3.05, 3.63) is 39.7 Å². The fraction of sp³-hybridized carbons (Fsp3) is 0.333. The molecule has 5 heteroatoms. The van der Waals surface area contributed by atoms with Crippen molar-refractivity contribution in [2.75, 3.05) is 6.54 Å². The van der Waals surface area contributed by atoms with E-state index in [9.17, 15) is 14.5 Å². The lowest BCUT2D eigenvalue weighted by molar-refractivity contribution is -0.385. The molecule has 1 aromatic carbocycles. The third kappa shape index (κ3) is 2.26. The van der Waals surface area contributed by atoms with E-state index in [0.29, 0.717) is 19.4 Å². The first-order valence-corrected chi connectivity index (χ1v) is 4.28. The molecule has 14 heavy (non-hydrogen) atoms. The second-order valence-electron chi connectivity index (χ2n) is 2.89. The Morgan fingerprint density at radius 1 is 1.50 bits per heavy atom. The molecule has 0 unspecified atom stereocenters. The molecular weight excluding hydrogens is 187 g/mol. The zero-order valence-electron chi connectivity index (χ0n) is 7.57. The van der Waals surface area contributed by atoms with Crippen molar-refractivity contribution >= 4 is 5.69 Å². The summed E-state index contributed by atoms with van der Waals surface area (Å²) in [5.41, 5.74) is 5.23. The van der Waals surface area contributed by atoms with Crippen LogP contribution in [0, 0.1) is 15.9 Å². The van der Waals surface area contributed by atoms with Crippen LogP contribution in [0.4, 0.5) is 10.1 Å². The standard InChI is InChI=1S/C9H11FN2O2/c10-8-4-1-5-9(12(13)14)7(8)3-2-6-11/h1,4-5H,2-3,6,11H2. The molecular formula is C9H11FN2O2. The van der Waals surface area contributed by atoms with E-state index in [1.807, 2.05) is 0 Å². The van der Waals surface area contributed by atoms with Crippen LogP contribution in [0.15, 0.2) is 18.2 Å². The Balaban J connectivity index is 3.02. The molecule has 0 aliphatic carbocycles. The topological polar surface area (TPSA) is 69.2 Å². The molecule has 0 amide bonds. The lowest BCUT2D eigenvalue weighted by Crippen LogP contribution is -2.04. The second kappa shape index (κ2) is 4.66. The number of hydrogen-bond donors (Lipinski definition) is 1. The number of nitrogens with two attached hydrogens (primary N) is 1. The largest absolute Gasteiger partial charge is 0.330 e. The summed E-state index contributed by atoms with van der Waals surface area (Å²) in [6.07, 6.45) is 0.848. The third-order valence-corrected chi connectivity index (χ3v) is 1.92. The van der Waals surface area contributed by atoms with Crippen LogP contribution in [-0.2, 0) is 6.42 Å². The van der Waals surface area contributed by atoms with Gasteiger partial charge in [0.25, 0.3) is 5.69 Å². The fourth-order valence-electron chi connectivity index (χ4n) is 1.24. The smallest absolute Gasteiger partial charge is 0.275 e. The Kier molecular flexibility index (Phi) is 3.53. The van der Waals surface area contributed by atoms with Gasteiger partial charge in [0, 0.05) is 6.07 Å². The number of rotatable bonds is 4. The van der Waals surface area contributed by atoms with Gasteiger partial charge in [-0.2, -0.15) is 0 Å². The van der Waals surface area contributed by atoms with Crippen molar-refractivity contribution in [1.82, 2.24) is 0 Å². The molecule has 1 rings (SSSR count). The van der Waals surface area contributed by atoms with Crippen molar-refractivity contribution in [1.29, 1.82) is 0 Å². The van der Waals surface area contributed by atoms with E-state index >= 15 is 0 Å². The molecule has 1 aromatic rings. The molecule has 4 nitrogen and oxygen atoms in total. The first-order chi connectivity index (χ1) is 6.66. The van der Waals surface area contributed by atoms with Crippen molar-refractivity contribution in [3.63, 3.8) is 0 Å². The van der Waals surface area contributed by atoms with Gasteiger partial charge >= 0.3 is 0 Å². The van der Waals surface area contributed by atoms with Crippen LogP contribution < -0.4 is 5.73 Å². The molecule has 0 spiro atoms. The van der Waals surface area contributed by atoms with Gasteiger partial charge in [-0.15, -0.1) is 0 Å². The van der Waals surface area contributed by atoms with Gasteiger partial charge in [0.05, 0.1) is 10.5 Å². The lowest BCUT2D eigenvalue weighted by Gasteiger charge is -2.02. The monoisotopic (exact) mass is 198 g/mol. The lowest BCUT2D eigenvalue weighted by atomic mass is 10.1. The Morgan fingerprint density at radius 2 is 2.21 bits per heavy atom. The van der Waals surface area contributed by atoms with Gasteiger partial charge in [-0.1, -0.05) is 6.07 Å². The Morgan fingerprint density at radius 3 is 2.79 bits per heavy atom. The molecule has 0 saturated carbocycles. The summed E-state index contributed by atoms with van der Waals surface area (Å²) >= 11 is 0. The summed E-state index contributed by atoms with van der Waals surface area (Å²) in [4.78, 5) is 9.97. The maximum absolute atomic E-state index is 13.2. The predicted octanol–water partition coefficient (Wildman–Crippen LogP) is 1.63. The minimum Gasteiger partial charge on any atom is -0.330 e. The summed E-state index contributed by atoms with van der Waals surface area (Å²) in [6, 6.07) is 3.85.